The molecule has 12 heteroatoms. The third kappa shape index (κ3) is 10.3. The predicted octanol–water partition coefficient (Wildman–Crippen LogP) is 3.84. The molecule has 8 nitrogen and oxygen atoms in total. The topological polar surface area (TPSA) is 99.2 Å². The highest BCUT2D eigenvalue weighted by Gasteiger charge is 2.38. The van der Waals surface area contributed by atoms with E-state index in [0.29, 0.717) is 49.8 Å². The molecule has 202 valence electrons. The minimum absolute atomic E-state index is 0.0760. The van der Waals surface area contributed by atoms with Gasteiger partial charge in [-0.15, -0.1) is 0 Å². The lowest BCUT2D eigenvalue weighted by Gasteiger charge is -2.29. The van der Waals surface area contributed by atoms with Crippen molar-refractivity contribution in [1.29, 1.82) is 0 Å². The number of halogens is 4. The second-order valence-electron chi connectivity index (χ2n) is 8.00. The first kappa shape index (κ1) is 29.9. The maximum absolute atomic E-state index is 13.2. The first-order valence-electron chi connectivity index (χ1n) is 11.6. The fourth-order valence-electron chi connectivity index (χ4n) is 3.45. The molecule has 0 unspecified atom stereocenters. The Kier molecular flexibility index (Phi) is 11.7. The van der Waals surface area contributed by atoms with Crippen molar-refractivity contribution in [3.8, 4) is 5.75 Å². The number of carboxylic acids is 1. The summed E-state index contributed by atoms with van der Waals surface area (Å²) in [5, 5.41) is 11.0. The van der Waals surface area contributed by atoms with Gasteiger partial charge in [-0.3, -0.25) is 9.59 Å². The van der Waals surface area contributed by atoms with Crippen LogP contribution >= 0.6 is 11.6 Å². The molecule has 0 spiro atoms. The van der Waals surface area contributed by atoms with Gasteiger partial charge in [-0.05, 0) is 48.9 Å². The highest BCUT2D eigenvalue weighted by atomic mass is 35.5. The molecule has 1 fully saturated rings. The van der Waals surface area contributed by atoms with Gasteiger partial charge in [-0.25, -0.2) is 4.79 Å². The van der Waals surface area contributed by atoms with Crippen molar-refractivity contribution in [2.24, 2.45) is 0 Å². The van der Waals surface area contributed by atoms with E-state index in [9.17, 15) is 22.8 Å². The molecular weight excluding hydrogens is 515 g/mol. The first-order valence-corrected chi connectivity index (χ1v) is 11.9. The first-order chi connectivity index (χ1) is 17.5. The normalized spacial score (nSPS) is 13.3. The van der Waals surface area contributed by atoms with Crippen LogP contribution in [0.2, 0.25) is 5.02 Å². The smallest absolute Gasteiger partial charge is 0.490 e. The van der Waals surface area contributed by atoms with Gasteiger partial charge in [-0.1, -0.05) is 23.7 Å². The van der Waals surface area contributed by atoms with Crippen LogP contribution in [0.3, 0.4) is 0 Å². The number of amides is 2. The van der Waals surface area contributed by atoms with E-state index >= 15 is 0 Å². The van der Waals surface area contributed by atoms with Gasteiger partial charge in [0.1, 0.15) is 5.75 Å². The highest BCUT2D eigenvalue weighted by molar-refractivity contribution is 6.30. The van der Waals surface area contributed by atoms with Crippen LogP contribution in [0.15, 0.2) is 48.5 Å². The van der Waals surface area contributed by atoms with E-state index in [4.69, 9.17) is 26.2 Å². The van der Waals surface area contributed by atoms with Crippen LogP contribution in [0.4, 0.5) is 13.2 Å². The summed E-state index contributed by atoms with van der Waals surface area (Å²) in [7, 11) is 0. The van der Waals surface area contributed by atoms with Gasteiger partial charge >= 0.3 is 12.1 Å². The molecule has 3 rings (SSSR count). The number of nitrogens with zero attached hydrogens (tertiary/aromatic N) is 2. The Bertz CT molecular complexity index is 1040. The average molecular weight is 544 g/mol. The second kappa shape index (κ2) is 14.4. The summed E-state index contributed by atoms with van der Waals surface area (Å²) in [5.41, 5.74) is 1.49. The fourth-order valence-corrected chi connectivity index (χ4v) is 3.67. The van der Waals surface area contributed by atoms with Crippen LogP contribution in [0.1, 0.15) is 29.3 Å². The molecule has 1 saturated heterocycles. The Morgan fingerprint density at radius 1 is 1.11 bits per heavy atom. The maximum atomic E-state index is 13.2. The van der Waals surface area contributed by atoms with Gasteiger partial charge in [0, 0.05) is 56.3 Å². The zero-order chi connectivity index (χ0) is 27.4. The van der Waals surface area contributed by atoms with E-state index in [1.165, 1.54) is 0 Å². The Morgan fingerprint density at radius 2 is 1.73 bits per heavy atom. The standard InChI is InChI=1S/C23H28ClN3O3.C2HF3O2/c1-2-30-21-8-6-19(7-9-21)23(29)27(17-18-4-3-5-20(24)16-18)13-10-22(28)26-14-11-25-12-15-26;3-2(4,5)1(6)7/h3-9,16,25H,2,10-15,17H2,1H3;(H,6,7). The summed E-state index contributed by atoms with van der Waals surface area (Å²) in [6, 6.07) is 14.6. The number of ether oxygens (including phenoxy) is 1. The minimum Gasteiger partial charge on any atom is -0.494 e. The number of aliphatic carboxylic acids is 1. The number of alkyl halides is 3. The summed E-state index contributed by atoms with van der Waals surface area (Å²) < 4.78 is 37.2. The van der Waals surface area contributed by atoms with E-state index < -0.39 is 12.1 Å². The number of nitrogens with one attached hydrogen (secondary N) is 1. The lowest BCUT2D eigenvalue weighted by atomic mass is 10.1. The zero-order valence-electron chi connectivity index (χ0n) is 20.3. The van der Waals surface area contributed by atoms with E-state index in [1.807, 2.05) is 30.0 Å². The van der Waals surface area contributed by atoms with E-state index in [0.717, 1.165) is 24.4 Å². The van der Waals surface area contributed by atoms with Gasteiger partial charge in [-0.2, -0.15) is 13.2 Å². The zero-order valence-corrected chi connectivity index (χ0v) is 21.0. The quantitative estimate of drug-likeness (QED) is 0.525. The molecule has 1 heterocycles. The molecule has 0 saturated carbocycles. The Balaban J connectivity index is 0.000000604. The number of piperazine rings is 1. The third-order valence-corrected chi connectivity index (χ3v) is 5.50. The summed E-state index contributed by atoms with van der Waals surface area (Å²) in [4.78, 5) is 38.3. The van der Waals surface area contributed by atoms with E-state index in [-0.39, 0.29) is 11.8 Å². The minimum atomic E-state index is -5.08. The van der Waals surface area contributed by atoms with Crippen LogP contribution in [-0.2, 0) is 16.1 Å². The number of rotatable bonds is 8. The van der Waals surface area contributed by atoms with Gasteiger partial charge in [0.2, 0.25) is 5.91 Å². The Labute approximate surface area is 217 Å². The highest BCUT2D eigenvalue weighted by Crippen LogP contribution is 2.18. The monoisotopic (exact) mass is 543 g/mol. The van der Waals surface area contributed by atoms with Gasteiger partial charge < -0.3 is 25.0 Å². The second-order valence-corrected chi connectivity index (χ2v) is 8.43. The van der Waals surface area contributed by atoms with Crippen molar-refractivity contribution >= 4 is 29.4 Å². The average Bonchev–Trinajstić information content (AvgIpc) is 2.87. The molecule has 0 radical (unpaired) electrons. The van der Waals surface area contributed by atoms with Crippen LogP contribution in [0.25, 0.3) is 0 Å². The Morgan fingerprint density at radius 3 is 2.27 bits per heavy atom. The van der Waals surface area contributed by atoms with Crippen molar-refractivity contribution in [3.63, 3.8) is 0 Å². The molecule has 0 aromatic heterocycles. The molecule has 37 heavy (non-hydrogen) atoms. The lowest BCUT2D eigenvalue weighted by molar-refractivity contribution is -0.192. The molecule has 0 atom stereocenters. The third-order valence-electron chi connectivity index (χ3n) is 5.27. The van der Waals surface area contributed by atoms with Crippen molar-refractivity contribution in [3.05, 3.63) is 64.7 Å². The van der Waals surface area contributed by atoms with Crippen molar-refractivity contribution in [2.45, 2.75) is 26.1 Å². The van der Waals surface area contributed by atoms with Gasteiger partial charge in [0.15, 0.2) is 0 Å². The van der Waals surface area contributed by atoms with E-state index in [2.05, 4.69) is 5.32 Å². The number of hydrogen-bond donors (Lipinski definition) is 2. The summed E-state index contributed by atoms with van der Waals surface area (Å²) >= 11 is 6.12. The number of hydrogen-bond acceptors (Lipinski definition) is 5. The molecule has 1 aliphatic rings. The molecular formula is C25H29ClF3N3O5. The maximum Gasteiger partial charge on any atom is 0.490 e. The molecule has 0 aliphatic carbocycles. The molecule has 2 aromatic rings. The molecule has 2 N–H and O–H groups in total. The van der Waals surface area contributed by atoms with Crippen molar-refractivity contribution in [1.82, 2.24) is 15.1 Å². The number of benzene rings is 2. The van der Waals surface area contributed by atoms with Crippen molar-refractivity contribution in [2.75, 3.05) is 39.3 Å². The molecule has 1 aliphatic heterocycles. The fraction of sp³-hybridized carbons (Fsp3) is 0.400. The Hall–Kier alpha value is -3.31. The molecule has 0 bridgehead atoms. The molecule has 2 aromatic carbocycles. The van der Waals surface area contributed by atoms with E-state index in [1.54, 1.807) is 35.2 Å². The SMILES string of the molecule is CCOc1ccc(C(=O)N(CCC(=O)N2CCNCC2)Cc2cccc(Cl)c2)cc1.O=C(O)C(F)(F)F. The van der Waals surface area contributed by atoms with Gasteiger partial charge in [0.05, 0.1) is 6.61 Å². The lowest BCUT2D eigenvalue weighted by Crippen LogP contribution is -2.47. The van der Waals surface area contributed by atoms with Crippen LogP contribution in [0.5, 0.6) is 5.75 Å². The van der Waals surface area contributed by atoms with Crippen LogP contribution in [-0.4, -0.2) is 78.2 Å². The number of carbonyl (C=O) groups is 3. The largest absolute Gasteiger partial charge is 0.494 e. The number of carboxylic acid groups (broad SMARTS) is 1. The predicted molar refractivity (Wildman–Crippen MR) is 132 cm³/mol. The molecule has 2 amide bonds. The van der Waals surface area contributed by atoms with Crippen molar-refractivity contribution < 1.29 is 37.4 Å². The summed E-state index contributed by atoms with van der Waals surface area (Å²) in [6.45, 7) is 6.26. The number of carbonyl (C=O) groups excluding carboxylic acids is 2. The summed E-state index contributed by atoms with van der Waals surface area (Å²) in [5.74, 6) is -2.07. The van der Waals surface area contributed by atoms with Gasteiger partial charge in [0.25, 0.3) is 5.91 Å². The summed E-state index contributed by atoms with van der Waals surface area (Å²) in [6.07, 6.45) is -4.79. The van der Waals surface area contributed by atoms with Crippen LogP contribution < -0.4 is 10.1 Å². The van der Waals surface area contributed by atoms with Crippen LogP contribution in [0, 0.1) is 0 Å².